The maximum Gasteiger partial charge on any atom is 0.311 e. The van der Waals surface area contributed by atoms with Gasteiger partial charge in [0.15, 0.2) is 0 Å². The summed E-state index contributed by atoms with van der Waals surface area (Å²) in [5, 5.41) is 20.5. The minimum absolute atomic E-state index is 0.0413. The maximum atomic E-state index is 11.4. The van der Waals surface area contributed by atoms with Crippen LogP contribution in [0.4, 0.5) is 11.4 Å². The number of carbonyl (C=O) groups is 1. The minimum atomic E-state index is -0.853. The zero-order valence-corrected chi connectivity index (χ0v) is 11.6. The molecule has 108 valence electrons. The second-order valence-corrected chi connectivity index (χ2v) is 5.59. The molecule has 0 amide bonds. The van der Waals surface area contributed by atoms with E-state index in [2.05, 4.69) is 0 Å². The number of carboxylic acids is 1. The maximum absolute atomic E-state index is 11.4. The van der Waals surface area contributed by atoms with Gasteiger partial charge in [-0.05, 0) is 32.3 Å². The molecule has 0 aromatic heterocycles. The first-order valence-electron chi connectivity index (χ1n) is 6.57. The van der Waals surface area contributed by atoms with Crippen LogP contribution in [0.2, 0.25) is 0 Å². The van der Waals surface area contributed by atoms with E-state index in [0.29, 0.717) is 31.6 Å². The summed E-state index contributed by atoms with van der Waals surface area (Å²) < 4.78 is 0. The second-order valence-electron chi connectivity index (χ2n) is 5.59. The zero-order valence-electron chi connectivity index (χ0n) is 11.6. The van der Waals surface area contributed by atoms with Crippen molar-refractivity contribution in [3.8, 4) is 0 Å². The van der Waals surface area contributed by atoms with E-state index in [9.17, 15) is 20.0 Å². The topological polar surface area (TPSA) is 83.7 Å². The monoisotopic (exact) mass is 278 g/mol. The molecule has 1 aromatic carbocycles. The van der Waals surface area contributed by atoms with Crippen LogP contribution < -0.4 is 4.90 Å². The van der Waals surface area contributed by atoms with Gasteiger partial charge in [-0.15, -0.1) is 0 Å². The van der Waals surface area contributed by atoms with Crippen LogP contribution in [0.1, 0.15) is 25.3 Å². The quantitative estimate of drug-likeness (QED) is 0.678. The molecule has 1 atom stereocenters. The van der Waals surface area contributed by atoms with E-state index in [4.69, 9.17) is 0 Å². The van der Waals surface area contributed by atoms with Crippen LogP contribution >= 0.6 is 0 Å². The molecule has 1 aliphatic rings. The minimum Gasteiger partial charge on any atom is -0.481 e. The molecule has 0 bridgehead atoms. The molecule has 1 fully saturated rings. The van der Waals surface area contributed by atoms with E-state index in [0.717, 1.165) is 5.56 Å². The summed E-state index contributed by atoms with van der Waals surface area (Å²) in [6, 6.07) is 4.93. The van der Waals surface area contributed by atoms with Crippen molar-refractivity contribution in [3.63, 3.8) is 0 Å². The van der Waals surface area contributed by atoms with Gasteiger partial charge in [0.1, 0.15) is 5.69 Å². The molecule has 1 heterocycles. The highest BCUT2D eigenvalue weighted by Crippen LogP contribution is 2.38. The van der Waals surface area contributed by atoms with Gasteiger partial charge in [0, 0.05) is 19.2 Å². The van der Waals surface area contributed by atoms with Crippen molar-refractivity contribution >= 4 is 17.3 Å². The normalized spacial score (nSPS) is 22.6. The Labute approximate surface area is 117 Å². The average Bonchev–Trinajstić information content (AvgIpc) is 2.38. The number of benzene rings is 1. The Balaban J connectivity index is 2.41. The molecule has 0 saturated carbocycles. The van der Waals surface area contributed by atoms with E-state index in [1.165, 1.54) is 6.07 Å². The predicted molar refractivity (Wildman–Crippen MR) is 75.0 cm³/mol. The Morgan fingerprint density at radius 3 is 2.80 bits per heavy atom. The van der Waals surface area contributed by atoms with E-state index in [1.54, 1.807) is 13.0 Å². The molecule has 1 unspecified atom stereocenters. The lowest BCUT2D eigenvalue weighted by molar-refractivity contribution is -0.384. The first-order valence-corrected chi connectivity index (χ1v) is 6.57. The molecule has 1 aliphatic heterocycles. The fourth-order valence-corrected chi connectivity index (χ4v) is 2.81. The number of carboxylic acid groups (broad SMARTS) is 1. The Kier molecular flexibility index (Phi) is 3.65. The summed E-state index contributed by atoms with van der Waals surface area (Å²) in [6.07, 6.45) is 1.31. The lowest BCUT2D eigenvalue weighted by atomic mass is 9.81. The van der Waals surface area contributed by atoms with E-state index in [1.807, 2.05) is 17.9 Å². The van der Waals surface area contributed by atoms with Gasteiger partial charge in [-0.25, -0.2) is 0 Å². The summed E-state index contributed by atoms with van der Waals surface area (Å²) in [4.78, 5) is 24.0. The molecule has 6 nitrogen and oxygen atoms in total. The number of nitro benzene ring substituents is 1. The van der Waals surface area contributed by atoms with Gasteiger partial charge in [0.05, 0.1) is 10.3 Å². The summed E-state index contributed by atoms with van der Waals surface area (Å²) in [7, 11) is 0. The van der Waals surface area contributed by atoms with E-state index >= 15 is 0 Å². The van der Waals surface area contributed by atoms with Crippen molar-refractivity contribution in [2.24, 2.45) is 5.41 Å². The number of aliphatic carboxylic acids is 1. The van der Waals surface area contributed by atoms with Crippen LogP contribution in [-0.2, 0) is 4.79 Å². The van der Waals surface area contributed by atoms with Gasteiger partial charge >= 0.3 is 5.97 Å². The van der Waals surface area contributed by atoms with Gasteiger partial charge < -0.3 is 10.0 Å². The number of rotatable bonds is 3. The van der Waals surface area contributed by atoms with Crippen molar-refractivity contribution < 1.29 is 14.8 Å². The molecule has 1 N–H and O–H groups in total. The van der Waals surface area contributed by atoms with Crippen molar-refractivity contribution in [2.45, 2.75) is 26.7 Å². The van der Waals surface area contributed by atoms with Crippen LogP contribution in [0.3, 0.4) is 0 Å². The van der Waals surface area contributed by atoms with Gasteiger partial charge in [-0.1, -0.05) is 12.1 Å². The van der Waals surface area contributed by atoms with Crippen LogP contribution in [0.15, 0.2) is 18.2 Å². The summed E-state index contributed by atoms with van der Waals surface area (Å²) >= 11 is 0. The van der Waals surface area contributed by atoms with Gasteiger partial charge in [0.2, 0.25) is 0 Å². The summed E-state index contributed by atoms with van der Waals surface area (Å²) in [6.45, 7) is 4.46. The van der Waals surface area contributed by atoms with Gasteiger partial charge in [-0.2, -0.15) is 0 Å². The number of hydrogen-bond acceptors (Lipinski definition) is 4. The molecular weight excluding hydrogens is 260 g/mol. The van der Waals surface area contributed by atoms with Crippen molar-refractivity contribution in [1.29, 1.82) is 0 Å². The number of para-hydroxylation sites is 1. The third-order valence-electron chi connectivity index (χ3n) is 3.94. The first-order chi connectivity index (χ1) is 9.35. The lowest BCUT2D eigenvalue weighted by Crippen LogP contribution is -2.46. The molecule has 1 aromatic rings. The molecule has 6 heteroatoms. The van der Waals surface area contributed by atoms with Gasteiger partial charge in [-0.3, -0.25) is 14.9 Å². The smallest absolute Gasteiger partial charge is 0.311 e. The highest BCUT2D eigenvalue weighted by atomic mass is 16.6. The molecule has 0 spiro atoms. The van der Waals surface area contributed by atoms with Crippen LogP contribution in [0.25, 0.3) is 0 Å². The number of anilines is 1. The van der Waals surface area contributed by atoms with Crippen molar-refractivity contribution in [3.05, 3.63) is 33.9 Å². The Morgan fingerprint density at radius 1 is 1.50 bits per heavy atom. The average molecular weight is 278 g/mol. The predicted octanol–water partition coefficient (Wildman–Crippen LogP) is 2.59. The standard InChI is InChI=1S/C14H18N2O4/c1-10-5-3-6-11(16(19)20)12(10)15-8-4-7-14(2,9-15)13(17)18/h3,5-6H,4,7-9H2,1-2H3,(H,17,18). The molecule has 20 heavy (non-hydrogen) atoms. The Hall–Kier alpha value is -2.11. The third kappa shape index (κ3) is 2.45. The highest BCUT2D eigenvalue weighted by molar-refractivity contribution is 5.77. The van der Waals surface area contributed by atoms with Crippen molar-refractivity contribution in [2.75, 3.05) is 18.0 Å². The summed E-state index contributed by atoms with van der Waals surface area (Å²) in [5.41, 5.74) is 0.534. The lowest BCUT2D eigenvalue weighted by Gasteiger charge is -2.39. The number of piperidine rings is 1. The van der Waals surface area contributed by atoms with Crippen LogP contribution in [-0.4, -0.2) is 29.1 Å². The van der Waals surface area contributed by atoms with Crippen molar-refractivity contribution in [1.82, 2.24) is 0 Å². The highest BCUT2D eigenvalue weighted by Gasteiger charge is 2.39. The number of aryl methyl sites for hydroxylation is 1. The third-order valence-corrected chi connectivity index (χ3v) is 3.94. The molecule has 2 rings (SSSR count). The molecule has 1 saturated heterocycles. The fraction of sp³-hybridized carbons (Fsp3) is 0.500. The fourth-order valence-electron chi connectivity index (χ4n) is 2.81. The number of nitro groups is 1. The number of hydrogen-bond donors (Lipinski definition) is 1. The Morgan fingerprint density at radius 2 is 2.20 bits per heavy atom. The largest absolute Gasteiger partial charge is 0.481 e. The number of nitrogens with zero attached hydrogens (tertiary/aromatic N) is 2. The molecular formula is C14H18N2O4. The summed E-state index contributed by atoms with van der Waals surface area (Å²) in [5.74, 6) is -0.849. The second kappa shape index (κ2) is 5.11. The SMILES string of the molecule is Cc1cccc([N+](=O)[O-])c1N1CCCC(C)(C(=O)O)C1. The van der Waals surface area contributed by atoms with E-state index in [-0.39, 0.29) is 5.69 Å². The Bertz CT molecular complexity index is 558. The van der Waals surface area contributed by atoms with E-state index < -0.39 is 16.3 Å². The zero-order chi connectivity index (χ0) is 14.9. The van der Waals surface area contributed by atoms with Gasteiger partial charge in [0.25, 0.3) is 5.69 Å². The van der Waals surface area contributed by atoms with Crippen LogP contribution in [0.5, 0.6) is 0 Å². The molecule has 0 radical (unpaired) electrons. The molecule has 0 aliphatic carbocycles. The van der Waals surface area contributed by atoms with Crippen LogP contribution in [0, 0.1) is 22.5 Å². The first kappa shape index (κ1) is 14.3.